The molecule has 1 aromatic carbocycles. The summed E-state index contributed by atoms with van der Waals surface area (Å²) in [7, 11) is 1.59. The lowest BCUT2D eigenvalue weighted by Gasteiger charge is -2.36. The smallest absolute Gasteiger partial charge is 0.267 e. The van der Waals surface area contributed by atoms with Crippen LogP contribution in [-0.4, -0.2) is 73.2 Å². The number of nitrogens with zero attached hydrogens (tertiary/aromatic N) is 4. The van der Waals surface area contributed by atoms with Crippen molar-refractivity contribution in [2.75, 3.05) is 44.7 Å². The minimum atomic E-state index is -0.156. The molecule has 2 aliphatic rings. The number of aryl methyl sites for hydroxylation is 1. The van der Waals surface area contributed by atoms with E-state index in [0.29, 0.717) is 18.6 Å². The summed E-state index contributed by atoms with van der Waals surface area (Å²) in [5, 5.41) is 8.36. The zero-order valence-electron chi connectivity index (χ0n) is 17.1. The molecule has 2 heterocycles. The molecule has 1 N–H and O–H groups in total. The predicted molar refractivity (Wildman–Crippen MR) is 111 cm³/mol. The third kappa shape index (κ3) is 5.32. The Hall–Kier alpha value is -2.41. The molecule has 1 fully saturated rings. The number of hydrazone groups is 1. The zero-order chi connectivity index (χ0) is 20.1. The number of hydrogen-bond donors (Lipinski definition) is 1. The van der Waals surface area contributed by atoms with Gasteiger partial charge in [-0.05, 0) is 38.0 Å². The number of rotatable bonds is 6. The fourth-order valence-electron chi connectivity index (χ4n) is 3.64. The van der Waals surface area contributed by atoms with E-state index in [2.05, 4.69) is 51.4 Å². The predicted octanol–water partition coefficient (Wildman–Crippen LogP) is 1.62. The summed E-state index contributed by atoms with van der Waals surface area (Å²) in [6.07, 6.45) is 1.67. The van der Waals surface area contributed by atoms with E-state index in [1.807, 2.05) is 6.92 Å². The highest BCUT2D eigenvalue weighted by molar-refractivity contribution is 6.39. The van der Waals surface area contributed by atoms with Gasteiger partial charge in [-0.3, -0.25) is 14.5 Å². The number of carbonyl (C=O) groups excluding carboxylic acids is 2. The second-order valence-corrected chi connectivity index (χ2v) is 7.79. The molecular formula is C21H31N5O2. The molecule has 152 valence electrons. The first-order chi connectivity index (χ1) is 13.4. The molecule has 0 aromatic heterocycles. The third-order valence-electron chi connectivity index (χ3n) is 5.46. The van der Waals surface area contributed by atoms with Gasteiger partial charge in [0.2, 0.25) is 5.91 Å². The van der Waals surface area contributed by atoms with E-state index in [0.717, 1.165) is 39.1 Å². The fourth-order valence-corrected chi connectivity index (χ4v) is 3.64. The van der Waals surface area contributed by atoms with Gasteiger partial charge in [0, 0.05) is 64.3 Å². The molecule has 2 aliphatic heterocycles. The van der Waals surface area contributed by atoms with Gasteiger partial charge in [0.1, 0.15) is 5.71 Å². The monoisotopic (exact) mass is 385 g/mol. The van der Waals surface area contributed by atoms with E-state index in [-0.39, 0.29) is 17.9 Å². The highest BCUT2D eigenvalue weighted by Gasteiger charge is 2.23. The summed E-state index contributed by atoms with van der Waals surface area (Å²) in [5.74, 6) is -0.203. The van der Waals surface area contributed by atoms with Gasteiger partial charge in [-0.1, -0.05) is 12.1 Å². The van der Waals surface area contributed by atoms with Crippen molar-refractivity contribution >= 4 is 23.2 Å². The summed E-state index contributed by atoms with van der Waals surface area (Å²) in [6, 6.07) is 8.74. The molecule has 1 atom stereocenters. The molecule has 7 heteroatoms. The number of amides is 2. The zero-order valence-corrected chi connectivity index (χ0v) is 17.1. The number of carbonyl (C=O) groups is 2. The van der Waals surface area contributed by atoms with Gasteiger partial charge >= 0.3 is 0 Å². The lowest BCUT2D eigenvalue weighted by Crippen LogP contribution is -2.48. The van der Waals surface area contributed by atoms with E-state index in [1.54, 1.807) is 7.05 Å². The Kier molecular flexibility index (Phi) is 6.67. The first kappa shape index (κ1) is 20.3. The van der Waals surface area contributed by atoms with Crippen molar-refractivity contribution in [2.24, 2.45) is 5.10 Å². The van der Waals surface area contributed by atoms with Crippen LogP contribution in [0.15, 0.2) is 29.4 Å². The first-order valence-electron chi connectivity index (χ1n) is 10.1. The van der Waals surface area contributed by atoms with Gasteiger partial charge in [-0.15, -0.1) is 0 Å². The van der Waals surface area contributed by atoms with E-state index in [4.69, 9.17) is 0 Å². The summed E-state index contributed by atoms with van der Waals surface area (Å²) >= 11 is 0. The quantitative estimate of drug-likeness (QED) is 0.808. The maximum absolute atomic E-state index is 12.3. The highest BCUT2D eigenvalue weighted by Crippen LogP contribution is 2.18. The van der Waals surface area contributed by atoms with E-state index >= 15 is 0 Å². The number of nitrogens with one attached hydrogen (secondary N) is 1. The molecule has 1 unspecified atom stereocenters. The van der Waals surface area contributed by atoms with Crippen molar-refractivity contribution in [3.8, 4) is 0 Å². The minimum absolute atomic E-state index is 0.0468. The Morgan fingerprint density at radius 2 is 1.96 bits per heavy atom. The topological polar surface area (TPSA) is 68.2 Å². The molecule has 2 amide bonds. The van der Waals surface area contributed by atoms with Crippen LogP contribution in [0.1, 0.15) is 31.7 Å². The average Bonchev–Trinajstić information content (AvgIpc) is 2.69. The number of hydrogen-bond acceptors (Lipinski definition) is 5. The molecule has 0 spiro atoms. The summed E-state index contributed by atoms with van der Waals surface area (Å²) < 4.78 is 0. The van der Waals surface area contributed by atoms with Crippen molar-refractivity contribution in [1.29, 1.82) is 0 Å². The second kappa shape index (κ2) is 9.19. The molecule has 7 nitrogen and oxygen atoms in total. The van der Waals surface area contributed by atoms with Crippen molar-refractivity contribution in [2.45, 2.75) is 39.2 Å². The molecule has 0 radical (unpaired) electrons. The second-order valence-electron chi connectivity index (χ2n) is 7.79. The summed E-state index contributed by atoms with van der Waals surface area (Å²) in [5.41, 5.74) is 3.04. The molecular weight excluding hydrogens is 354 g/mol. The number of anilines is 1. The molecule has 0 saturated carbocycles. The molecule has 0 aliphatic carbocycles. The maximum atomic E-state index is 12.3. The molecule has 0 bridgehead atoms. The van der Waals surface area contributed by atoms with Crippen LogP contribution in [0, 0.1) is 6.92 Å². The van der Waals surface area contributed by atoms with Crippen LogP contribution >= 0.6 is 0 Å². The minimum Gasteiger partial charge on any atom is -0.369 e. The van der Waals surface area contributed by atoms with E-state index in [9.17, 15) is 9.59 Å². The Morgan fingerprint density at radius 3 is 2.64 bits per heavy atom. The van der Waals surface area contributed by atoms with Crippen LogP contribution in [0.2, 0.25) is 0 Å². The molecule has 1 saturated heterocycles. The summed E-state index contributed by atoms with van der Waals surface area (Å²) in [4.78, 5) is 28.7. The lowest BCUT2D eigenvalue weighted by molar-refractivity contribution is -0.130. The maximum Gasteiger partial charge on any atom is 0.267 e. The van der Waals surface area contributed by atoms with Gasteiger partial charge in [0.15, 0.2) is 0 Å². The molecule has 28 heavy (non-hydrogen) atoms. The van der Waals surface area contributed by atoms with Gasteiger partial charge in [-0.25, -0.2) is 5.01 Å². The van der Waals surface area contributed by atoms with Gasteiger partial charge in [0.05, 0.1) is 0 Å². The molecule has 3 rings (SSSR count). The normalized spacial score (nSPS) is 19.4. The Balaban J connectivity index is 1.40. The van der Waals surface area contributed by atoms with Crippen molar-refractivity contribution in [3.63, 3.8) is 0 Å². The van der Waals surface area contributed by atoms with Crippen LogP contribution in [0.4, 0.5) is 5.69 Å². The third-order valence-corrected chi connectivity index (χ3v) is 5.46. The van der Waals surface area contributed by atoms with Crippen LogP contribution in [0.3, 0.4) is 0 Å². The number of benzene rings is 1. The first-order valence-corrected chi connectivity index (χ1v) is 10.1. The van der Waals surface area contributed by atoms with Crippen molar-refractivity contribution in [3.05, 3.63) is 29.8 Å². The van der Waals surface area contributed by atoms with Gasteiger partial charge in [-0.2, -0.15) is 5.10 Å². The SMILES string of the molecule is Cc1cccc(N2CCN(CCC(C)NC(=O)C3=NN(C)C(=O)CC3)CC2)c1. The van der Waals surface area contributed by atoms with Crippen molar-refractivity contribution < 1.29 is 9.59 Å². The largest absolute Gasteiger partial charge is 0.369 e. The highest BCUT2D eigenvalue weighted by atomic mass is 16.2. The molecule has 1 aromatic rings. The van der Waals surface area contributed by atoms with Crippen molar-refractivity contribution in [1.82, 2.24) is 15.2 Å². The average molecular weight is 386 g/mol. The van der Waals surface area contributed by atoms with Crippen LogP contribution in [0.25, 0.3) is 0 Å². The van der Waals surface area contributed by atoms with E-state index < -0.39 is 0 Å². The summed E-state index contributed by atoms with van der Waals surface area (Å²) in [6.45, 7) is 9.25. The Labute approximate surface area is 167 Å². The van der Waals surface area contributed by atoms with Crippen LogP contribution in [0.5, 0.6) is 0 Å². The Morgan fingerprint density at radius 1 is 1.21 bits per heavy atom. The van der Waals surface area contributed by atoms with Crippen LogP contribution in [-0.2, 0) is 9.59 Å². The number of piperazine rings is 1. The standard InChI is InChI=1S/C21H31N5O2/c1-16-5-4-6-18(15-16)26-13-11-25(12-14-26)10-9-17(2)22-21(28)19-7-8-20(27)24(3)23-19/h4-6,15,17H,7-14H2,1-3H3,(H,22,28). The lowest BCUT2D eigenvalue weighted by atomic mass is 10.1. The van der Waals surface area contributed by atoms with E-state index in [1.165, 1.54) is 16.3 Å². The van der Waals surface area contributed by atoms with Gasteiger partial charge < -0.3 is 10.2 Å². The fraction of sp³-hybridized carbons (Fsp3) is 0.571. The van der Waals surface area contributed by atoms with Crippen LogP contribution < -0.4 is 10.2 Å². The Bertz CT molecular complexity index is 740. The van der Waals surface area contributed by atoms with Gasteiger partial charge in [0.25, 0.3) is 5.91 Å².